The van der Waals surface area contributed by atoms with Crippen LogP contribution in [-0.4, -0.2) is 42.8 Å². The molecule has 2 atom stereocenters. The molecule has 4 rings (SSSR count). The Hall–Kier alpha value is -3.35. The van der Waals surface area contributed by atoms with Gasteiger partial charge >= 0.3 is 12.1 Å². The molecular weight excluding hydrogens is 444 g/mol. The minimum atomic E-state index is -1.01. The lowest BCUT2D eigenvalue weighted by Gasteiger charge is -2.34. The van der Waals surface area contributed by atoms with Crippen LogP contribution in [0, 0.1) is 17.3 Å². The van der Waals surface area contributed by atoms with Gasteiger partial charge in [0.2, 0.25) is 5.91 Å². The van der Waals surface area contributed by atoms with Crippen molar-refractivity contribution >= 4 is 18.0 Å². The summed E-state index contributed by atoms with van der Waals surface area (Å²) < 4.78 is 5.60. The van der Waals surface area contributed by atoms with Crippen molar-refractivity contribution in [1.82, 2.24) is 10.6 Å². The van der Waals surface area contributed by atoms with Crippen molar-refractivity contribution in [3.05, 3.63) is 59.7 Å². The fourth-order valence-corrected chi connectivity index (χ4v) is 4.92. The first-order chi connectivity index (χ1) is 16.8. The highest BCUT2D eigenvalue weighted by atomic mass is 16.5. The second-order valence-electron chi connectivity index (χ2n) is 9.94. The molecule has 2 aliphatic rings. The Bertz CT molecular complexity index is 1050. The highest BCUT2D eigenvalue weighted by Crippen LogP contribution is 2.44. The normalized spacial score (nSPS) is 17.3. The van der Waals surface area contributed by atoms with E-state index in [1.54, 1.807) is 13.8 Å². The predicted molar refractivity (Wildman–Crippen MR) is 133 cm³/mol. The zero-order valence-corrected chi connectivity index (χ0v) is 20.4. The van der Waals surface area contributed by atoms with E-state index in [1.807, 2.05) is 24.3 Å². The molecule has 1 saturated carbocycles. The minimum absolute atomic E-state index is 0.0263. The van der Waals surface area contributed by atoms with E-state index in [-0.39, 0.29) is 37.4 Å². The van der Waals surface area contributed by atoms with Gasteiger partial charge in [-0.25, -0.2) is 4.79 Å². The number of hydrogen-bond donors (Lipinski definition) is 3. The van der Waals surface area contributed by atoms with Crippen molar-refractivity contribution in [3.8, 4) is 11.1 Å². The highest BCUT2D eigenvalue weighted by Gasteiger charge is 2.36. The number of aliphatic carboxylic acids is 1. The summed E-state index contributed by atoms with van der Waals surface area (Å²) in [6.45, 7) is 3.87. The first-order valence-corrected chi connectivity index (χ1v) is 12.4. The second-order valence-corrected chi connectivity index (χ2v) is 9.94. The van der Waals surface area contributed by atoms with Gasteiger partial charge in [-0.3, -0.25) is 9.59 Å². The van der Waals surface area contributed by atoms with Gasteiger partial charge < -0.3 is 20.5 Å². The van der Waals surface area contributed by atoms with Crippen LogP contribution in [-0.2, 0) is 14.3 Å². The summed E-state index contributed by atoms with van der Waals surface area (Å²) in [5, 5.41) is 15.1. The number of carboxylic acids is 1. The molecule has 2 amide bonds. The van der Waals surface area contributed by atoms with E-state index < -0.39 is 23.4 Å². The third-order valence-corrected chi connectivity index (χ3v) is 7.82. The summed E-state index contributed by atoms with van der Waals surface area (Å²) >= 11 is 0. The van der Waals surface area contributed by atoms with Gasteiger partial charge in [0, 0.05) is 19.0 Å². The number of hydrogen-bond acceptors (Lipinski definition) is 4. The molecule has 2 aromatic rings. The standard InChI is InChI=1S/C28H34N2O5/c1-3-28(2,26(32)33)17-30-25(31)23(18-9-8-10-18)15-29-27(34)35-16-24-21-13-6-4-11-19(21)20-12-5-7-14-22(20)24/h4-7,11-14,18,23-24H,3,8-10,15-17H2,1-2H3,(H,29,34)(H,30,31)(H,32,33). The summed E-state index contributed by atoms with van der Waals surface area (Å²) in [7, 11) is 0. The van der Waals surface area contributed by atoms with Crippen molar-refractivity contribution in [2.75, 3.05) is 19.7 Å². The van der Waals surface area contributed by atoms with Crippen molar-refractivity contribution < 1.29 is 24.2 Å². The Kier molecular flexibility index (Phi) is 7.43. The van der Waals surface area contributed by atoms with Crippen LogP contribution in [0.2, 0.25) is 0 Å². The number of carbonyl (C=O) groups excluding carboxylic acids is 2. The summed E-state index contributed by atoms with van der Waals surface area (Å²) in [6, 6.07) is 16.3. The molecule has 2 aromatic carbocycles. The number of benzene rings is 2. The number of fused-ring (bicyclic) bond motifs is 3. The van der Waals surface area contributed by atoms with Gasteiger partial charge in [0.15, 0.2) is 0 Å². The van der Waals surface area contributed by atoms with E-state index in [0.717, 1.165) is 30.4 Å². The van der Waals surface area contributed by atoms with E-state index in [2.05, 4.69) is 34.9 Å². The Morgan fingerprint density at radius 1 is 1.03 bits per heavy atom. The van der Waals surface area contributed by atoms with Gasteiger partial charge in [-0.1, -0.05) is 61.9 Å². The fourth-order valence-electron chi connectivity index (χ4n) is 4.92. The molecule has 0 bridgehead atoms. The van der Waals surface area contributed by atoms with Crippen molar-refractivity contribution in [2.24, 2.45) is 17.3 Å². The molecule has 0 spiro atoms. The van der Waals surface area contributed by atoms with Crippen molar-refractivity contribution in [2.45, 2.75) is 45.4 Å². The largest absolute Gasteiger partial charge is 0.481 e. The highest BCUT2D eigenvalue weighted by molar-refractivity contribution is 5.82. The number of alkyl carbamates (subject to hydrolysis) is 1. The zero-order valence-electron chi connectivity index (χ0n) is 20.4. The number of carbonyl (C=O) groups is 3. The molecule has 1 fully saturated rings. The fraction of sp³-hybridized carbons (Fsp3) is 0.464. The van der Waals surface area contributed by atoms with Crippen LogP contribution in [0.25, 0.3) is 11.1 Å². The summed E-state index contributed by atoms with van der Waals surface area (Å²) in [5.74, 6) is -1.39. The third-order valence-electron chi connectivity index (χ3n) is 7.82. The van der Waals surface area contributed by atoms with Crippen molar-refractivity contribution in [3.63, 3.8) is 0 Å². The predicted octanol–water partition coefficient (Wildman–Crippen LogP) is 4.56. The maximum Gasteiger partial charge on any atom is 0.407 e. The Balaban J connectivity index is 1.33. The van der Waals surface area contributed by atoms with Gasteiger partial charge in [0.25, 0.3) is 0 Å². The Morgan fingerprint density at radius 3 is 2.14 bits per heavy atom. The first kappa shape index (κ1) is 24.8. The van der Waals surface area contributed by atoms with E-state index >= 15 is 0 Å². The maximum atomic E-state index is 12.9. The van der Waals surface area contributed by atoms with Crippen LogP contribution >= 0.6 is 0 Å². The number of nitrogens with one attached hydrogen (secondary N) is 2. The van der Waals surface area contributed by atoms with Crippen LogP contribution in [0.15, 0.2) is 48.5 Å². The molecule has 0 heterocycles. The second kappa shape index (κ2) is 10.5. The van der Waals surface area contributed by atoms with Gasteiger partial charge in [0.1, 0.15) is 6.61 Å². The molecular formula is C28H34N2O5. The molecule has 0 aromatic heterocycles. The first-order valence-electron chi connectivity index (χ1n) is 12.4. The van der Waals surface area contributed by atoms with Gasteiger partial charge in [-0.15, -0.1) is 0 Å². The average molecular weight is 479 g/mol. The smallest absolute Gasteiger partial charge is 0.407 e. The molecule has 0 radical (unpaired) electrons. The van der Waals surface area contributed by atoms with Gasteiger partial charge in [-0.05, 0) is 54.4 Å². The van der Waals surface area contributed by atoms with Crippen LogP contribution in [0.5, 0.6) is 0 Å². The molecule has 3 N–H and O–H groups in total. The number of amides is 2. The monoisotopic (exact) mass is 478 g/mol. The number of ether oxygens (including phenoxy) is 1. The molecule has 2 aliphatic carbocycles. The molecule has 7 nitrogen and oxygen atoms in total. The molecule has 0 aliphatic heterocycles. The number of rotatable bonds is 10. The lowest BCUT2D eigenvalue weighted by Crippen LogP contribution is -2.48. The molecule has 35 heavy (non-hydrogen) atoms. The molecule has 0 saturated heterocycles. The van der Waals surface area contributed by atoms with Crippen LogP contribution in [0.4, 0.5) is 4.79 Å². The van der Waals surface area contributed by atoms with Crippen LogP contribution < -0.4 is 10.6 Å². The lowest BCUT2D eigenvalue weighted by molar-refractivity contribution is -0.148. The molecule has 7 heteroatoms. The SMILES string of the molecule is CCC(C)(CNC(=O)C(CNC(=O)OCC1c2ccccc2-c2ccccc21)C1CCC1)C(=O)O. The van der Waals surface area contributed by atoms with E-state index in [1.165, 1.54) is 11.1 Å². The molecule has 186 valence electrons. The number of carboxylic acid groups (broad SMARTS) is 1. The average Bonchev–Trinajstić information content (AvgIpc) is 3.15. The van der Waals surface area contributed by atoms with Gasteiger partial charge in [-0.2, -0.15) is 0 Å². The summed E-state index contributed by atoms with van der Waals surface area (Å²) in [5.41, 5.74) is 3.61. The summed E-state index contributed by atoms with van der Waals surface area (Å²) in [4.78, 5) is 37.1. The Morgan fingerprint density at radius 2 is 1.63 bits per heavy atom. The topological polar surface area (TPSA) is 105 Å². The van der Waals surface area contributed by atoms with Gasteiger partial charge in [0.05, 0.1) is 11.3 Å². The third kappa shape index (κ3) is 5.19. The lowest BCUT2D eigenvalue weighted by atomic mass is 9.75. The van der Waals surface area contributed by atoms with Crippen LogP contribution in [0.1, 0.15) is 56.6 Å². The van der Waals surface area contributed by atoms with Crippen LogP contribution in [0.3, 0.4) is 0 Å². The van der Waals surface area contributed by atoms with E-state index in [9.17, 15) is 19.5 Å². The molecule has 2 unspecified atom stereocenters. The van der Waals surface area contributed by atoms with Crippen molar-refractivity contribution in [1.29, 1.82) is 0 Å². The zero-order chi connectivity index (χ0) is 25.0. The van der Waals surface area contributed by atoms with E-state index in [0.29, 0.717) is 6.42 Å². The summed E-state index contributed by atoms with van der Waals surface area (Å²) in [6.07, 6.45) is 2.77. The maximum absolute atomic E-state index is 12.9. The van der Waals surface area contributed by atoms with E-state index in [4.69, 9.17) is 4.74 Å². The minimum Gasteiger partial charge on any atom is -0.481 e. The quantitative estimate of drug-likeness (QED) is 0.464. The Labute approximate surface area is 206 Å².